The van der Waals surface area contributed by atoms with Crippen LogP contribution in [0.15, 0.2) is 16.7 Å². The van der Waals surface area contributed by atoms with Gasteiger partial charge in [-0.25, -0.2) is 0 Å². The van der Waals surface area contributed by atoms with Gasteiger partial charge in [0, 0.05) is 12.1 Å². The number of ether oxygens (including phenoxy) is 1. The molecule has 2 heterocycles. The molecular formula is C14H19NO3. The topological polar surface area (TPSA) is 42.7 Å². The van der Waals surface area contributed by atoms with Crippen LogP contribution >= 0.6 is 0 Å². The first-order chi connectivity index (χ1) is 8.70. The molecule has 1 saturated carbocycles. The summed E-state index contributed by atoms with van der Waals surface area (Å²) >= 11 is 0. The van der Waals surface area contributed by atoms with Crippen LogP contribution in [0.5, 0.6) is 0 Å². The Morgan fingerprint density at radius 1 is 1.39 bits per heavy atom. The summed E-state index contributed by atoms with van der Waals surface area (Å²) in [5.41, 5.74) is 0.834. The molecule has 98 valence electrons. The fourth-order valence-electron chi connectivity index (χ4n) is 3.08. The van der Waals surface area contributed by atoms with Gasteiger partial charge in [0.25, 0.3) is 5.91 Å². The first kappa shape index (κ1) is 11.8. The average Bonchev–Trinajstić information content (AvgIpc) is 2.98. The molecule has 1 aliphatic carbocycles. The van der Waals surface area contributed by atoms with Gasteiger partial charge in [-0.3, -0.25) is 4.79 Å². The standard InChI is InChI=1S/C14H19NO3/c1-11-4-8-17-12(11)13(16)15-7-9-18-14(10-15)5-2-3-6-14/h4,8H,2-3,5-7,9-10H2,1H3. The largest absolute Gasteiger partial charge is 0.459 e. The molecule has 1 spiro atoms. The van der Waals surface area contributed by atoms with Crippen LogP contribution in [0, 0.1) is 6.92 Å². The van der Waals surface area contributed by atoms with E-state index in [0.717, 1.165) is 18.4 Å². The molecule has 0 bridgehead atoms. The van der Waals surface area contributed by atoms with E-state index in [1.165, 1.54) is 12.8 Å². The van der Waals surface area contributed by atoms with Gasteiger partial charge < -0.3 is 14.1 Å². The van der Waals surface area contributed by atoms with Crippen LogP contribution in [0.1, 0.15) is 41.8 Å². The minimum atomic E-state index is -0.0750. The van der Waals surface area contributed by atoms with E-state index in [9.17, 15) is 4.79 Å². The summed E-state index contributed by atoms with van der Waals surface area (Å²) in [5.74, 6) is 0.483. The van der Waals surface area contributed by atoms with E-state index < -0.39 is 0 Å². The summed E-state index contributed by atoms with van der Waals surface area (Å²) in [6.07, 6.45) is 6.15. The predicted molar refractivity (Wildman–Crippen MR) is 66.5 cm³/mol. The first-order valence-corrected chi connectivity index (χ1v) is 6.68. The Bertz CT molecular complexity index is 446. The molecule has 4 nitrogen and oxygen atoms in total. The van der Waals surface area contributed by atoms with Gasteiger partial charge in [-0.15, -0.1) is 0 Å². The zero-order valence-electron chi connectivity index (χ0n) is 10.8. The maximum absolute atomic E-state index is 12.4. The van der Waals surface area contributed by atoms with E-state index in [1.54, 1.807) is 6.26 Å². The molecule has 1 saturated heterocycles. The molecule has 1 aromatic heterocycles. The van der Waals surface area contributed by atoms with Gasteiger partial charge in [-0.05, 0) is 25.8 Å². The maximum Gasteiger partial charge on any atom is 0.290 e. The molecule has 1 aromatic rings. The lowest BCUT2D eigenvalue weighted by molar-refractivity contribution is -0.0952. The number of aryl methyl sites for hydroxylation is 1. The van der Waals surface area contributed by atoms with Crippen LogP contribution in [0.2, 0.25) is 0 Å². The lowest BCUT2D eigenvalue weighted by Gasteiger charge is -2.40. The quantitative estimate of drug-likeness (QED) is 0.767. The van der Waals surface area contributed by atoms with Crippen molar-refractivity contribution in [2.75, 3.05) is 19.7 Å². The number of furan rings is 1. The van der Waals surface area contributed by atoms with Crippen LogP contribution in [0.25, 0.3) is 0 Å². The van der Waals surface area contributed by atoms with E-state index >= 15 is 0 Å². The fourth-order valence-corrected chi connectivity index (χ4v) is 3.08. The first-order valence-electron chi connectivity index (χ1n) is 6.68. The van der Waals surface area contributed by atoms with Crippen molar-refractivity contribution in [1.29, 1.82) is 0 Å². The lowest BCUT2D eigenvalue weighted by atomic mass is 9.99. The number of hydrogen-bond acceptors (Lipinski definition) is 3. The van der Waals surface area contributed by atoms with Crippen molar-refractivity contribution in [3.63, 3.8) is 0 Å². The van der Waals surface area contributed by atoms with Crippen molar-refractivity contribution in [3.8, 4) is 0 Å². The summed E-state index contributed by atoms with van der Waals surface area (Å²) in [6.45, 7) is 3.93. The molecular weight excluding hydrogens is 230 g/mol. The van der Waals surface area contributed by atoms with Gasteiger partial charge in [0.15, 0.2) is 5.76 Å². The normalized spacial score (nSPS) is 22.6. The smallest absolute Gasteiger partial charge is 0.290 e. The van der Waals surface area contributed by atoms with E-state index in [0.29, 0.717) is 25.5 Å². The van der Waals surface area contributed by atoms with Crippen LogP contribution in [0.3, 0.4) is 0 Å². The van der Waals surface area contributed by atoms with Crippen LogP contribution in [0.4, 0.5) is 0 Å². The number of morpholine rings is 1. The van der Waals surface area contributed by atoms with Gasteiger partial charge in [-0.2, -0.15) is 0 Å². The van der Waals surface area contributed by atoms with Gasteiger partial charge in [-0.1, -0.05) is 12.8 Å². The molecule has 3 rings (SSSR count). The van der Waals surface area contributed by atoms with E-state index in [4.69, 9.17) is 9.15 Å². The minimum Gasteiger partial charge on any atom is -0.459 e. The molecule has 0 N–H and O–H groups in total. The highest BCUT2D eigenvalue weighted by Gasteiger charge is 2.41. The molecule has 18 heavy (non-hydrogen) atoms. The number of hydrogen-bond donors (Lipinski definition) is 0. The molecule has 0 radical (unpaired) electrons. The van der Waals surface area contributed by atoms with Crippen molar-refractivity contribution in [3.05, 3.63) is 23.7 Å². The highest BCUT2D eigenvalue weighted by Crippen LogP contribution is 2.36. The molecule has 0 unspecified atom stereocenters. The number of amides is 1. The SMILES string of the molecule is Cc1ccoc1C(=O)N1CCOC2(CCCC2)C1. The zero-order valence-corrected chi connectivity index (χ0v) is 10.8. The molecule has 1 aliphatic heterocycles. The highest BCUT2D eigenvalue weighted by atomic mass is 16.5. The maximum atomic E-state index is 12.4. The van der Waals surface area contributed by atoms with Gasteiger partial charge in [0.2, 0.25) is 0 Å². The highest BCUT2D eigenvalue weighted by molar-refractivity contribution is 5.93. The molecule has 1 amide bonds. The molecule has 0 aromatic carbocycles. The molecule has 0 atom stereocenters. The van der Waals surface area contributed by atoms with Gasteiger partial charge >= 0.3 is 0 Å². The summed E-state index contributed by atoms with van der Waals surface area (Å²) in [4.78, 5) is 14.3. The number of carbonyl (C=O) groups excluding carboxylic acids is 1. The third-order valence-electron chi connectivity index (χ3n) is 4.11. The number of nitrogens with zero attached hydrogens (tertiary/aromatic N) is 1. The summed E-state index contributed by atoms with van der Waals surface area (Å²) < 4.78 is 11.2. The van der Waals surface area contributed by atoms with E-state index in [2.05, 4.69) is 0 Å². The molecule has 2 aliphatic rings. The number of carbonyl (C=O) groups is 1. The molecule has 2 fully saturated rings. The van der Waals surface area contributed by atoms with Crippen LogP contribution < -0.4 is 0 Å². The van der Waals surface area contributed by atoms with Crippen molar-refractivity contribution in [2.45, 2.75) is 38.2 Å². The number of rotatable bonds is 1. The summed E-state index contributed by atoms with van der Waals surface area (Å²) in [7, 11) is 0. The lowest BCUT2D eigenvalue weighted by Crippen LogP contribution is -2.52. The van der Waals surface area contributed by atoms with Crippen molar-refractivity contribution < 1.29 is 13.9 Å². The zero-order chi connectivity index (χ0) is 12.6. The Hall–Kier alpha value is -1.29. The average molecular weight is 249 g/mol. The van der Waals surface area contributed by atoms with E-state index in [1.807, 2.05) is 17.9 Å². The van der Waals surface area contributed by atoms with Crippen molar-refractivity contribution in [1.82, 2.24) is 4.90 Å². The second-order valence-corrected chi connectivity index (χ2v) is 5.40. The summed E-state index contributed by atoms with van der Waals surface area (Å²) in [5, 5.41) is 0. The predicted octanol–water partition coefficient (Wildman–Crippen LogP) is 2.37. The Labute approximate surface area is 107 Å². The minimum absolute atomic E-state index is 0.00655. The van der Waals surface area contributed by atoms with Gasteiger partial charge in [0.1, 0.15) is 0 Å². The Morgan fingerprint density at radius 3 is 2.83 bits per heavy atom. The van der Waals surface area contributed by atoms with Crippen LogP contribution in [-0.2, 0) is 4.74 Å². The van der Waals surface area contributed by atoms with E-state index in [-0.39, 0.29) is 11.5 Å². The Morgan fingerprint density at radius 2 is 2.17 bits per heavy atom. The van der Waals surface area contributed by atoms with Crippen molar-refractivity contribution >= 4 is 5.91 Å². The second kappa shape index (κ2) is 4.43. The van der Waals surface area contributed by atoms with Gasteiger partial charge in [0.05, 0.1) is 25.0 Å². The summed E-state index contributed by atoms with van der Waals surface area (Å²) in [6, 6.07) is 1.83. The monoisotopic (exact) mass is 249 g/mol. The third-order valence-corrected chi connectivity index (χ3v) is 4.11. The molecule has 4 heteroatoms. The Balaban J connectivity index is 1.76. The van der Waals surface area contributed by atoms with Crippen LogP contribution in [-0.4, -0.2) is 36.1 Å². The third kappa shape index (κ3) is 1.94. The van der Waals surface area contributed by atoms with Crippen molar-refractivity contribution in [2.24, 2.45) is 0 Å². The Kier molecular flexibility index (Phi) is 2.90. The fraction of sp³-hybridized carbons (Fsp3) is 0.643. The second-order valence-electron chi connectivity index (χ2n) is 5.40.